The Balaban J connectivity index is 2.07. The molecule has 0 aliphatic carbocycles. The lowest BCUT2D eigenvalue weighted by atomic mass is 10.2. The van der Waals surface area contributed by atoms with Gasteiger partial charge in [-0.15, -0.1) is 0 Å². The maximum absolute atomic E-state index is 13.3. The van der Waals surface area contributed by atoms with Gasteiger partial charge in [0.2, 0.25) is 5.91 Å². The molecule has 2 atom stereocenters. The van der Waals surface area contributed by atoms with Crippen molar-refractivity contribution in [2.75, 3.05) is 5.32 Å². The van der Waals surface area contributed by atoms with Crippen LogP contribution in [0.15, 0.2) is 18.2 Å². The van der Waals surface area contributed by atoms with Gasteiger partial charge in [0, 0.05) is 6.07 Å². The molecule has 0 bridgehead atoms. The number of carbonyl (C=O) groups is 1. The lowest BCUT2D eigenvalue weighted by Gasteiger charge is -2.30. The topological polar surface area (TPSA) is 79.2 Å². The van der Waals surface area contributed by atoms with Crippen LogP contribution in [0, 0.1) is 11.6 Å². The molecule has 1 saturated heterocycles. The number of nitrogens with two attached hydrogens (primary N) is 1. The number of nitrogens with one attached hydrogen (secondary N) is 3. The molecule has 17 heavy (non-hydrogen) atoms. The molecule has 92 valence electrons. The summed E-state index contributed by atoms with van der Waals surface area (Å²) in [6, 6.07) is 3.13. The van der Waals surface area contributed by atoms with E-state index < -0.39 is 24.1 Å². The van der Waals surface area contributed by atoms with Gasteiger partial charge in [0.05, 0.1) is 18.3 Å². The normalized spacial score (nSPS) is 24.3. The lowest BCUT2D eigenvalue weighted by Crippen LogP contribution is -2.62. The predicted molar refractivity (Wildman–Crippen MR) is 57.6 cm³/mol. The van der Waals surface area contributed by atoms with Crippen LogP contribution in [-0.4, -0.2) is 18.4 Å². The van der Waals surface area contributed by atoms with Crippen molar-refractivity contribution < 1.29 is 13.6 Å². The largest absolute Gasteiger partial charge is 0.351 e. The molecule has 5 nitrogen and oxygen atoms in total. The Morgan fingerprint density at radius 3 is 2.82 bits per heavy atom. The molecule has 1 fully saturated rings. The quantitative estimate of drug-likeness (QED) is 0.591. The van der Waals surface area contributed by atoms with Crippen LogP contribution < -0.4 is 21.7 Å². The van der Waals surface area contributed by atoms with Gasteiger partial charge in [-0.1, -0.05) is 0 Å². The van der Waals surface area contributed by atoms with E-state index in [9.17, 15) is 13.6 Å². The number of hydrogen-bond acceptors (Lipinski definition) is 4. The molecule has 1 heterocycles. The van der Waals surface area contributed by atoms with Gasteiger partial charge in [0.15, 0.2) is 6.29 Å². The highest BCUT2D eigenvalue weighted by molar-refractivity contribution is 5.78. The van der Waals surface area contributed by atoms with Crippen molar-refractivity contribution in [2.24, 2.45) is 5.73 Å². The molecule has 0 saturated carbocycles. The monoisotopic (exact) mass is 242 g/mol. The molecular formula is C10H12F2N4O. The van der Waals surface area contributed by atoms with Gasteiger partial charge in [-0.3, -0.25) is 10.1 Å². The lowest BCUT2D eigenvalue weighted by molar-refractivity contribution is -0.124. The molecule has 1 aromatic carbocycles. The van der Waals surface area contributed by atoms with Gasteiger partial charge in [-0.2, -0.15) is 0 Å². The van der Waals surface area contributed by atoms with Crippen molar-refractivity contribution >= 4 is 11.6 Å². The fourth-order valence-electron chi connectivity index (χ4n) is 1.57. The maximum atomic E-state index is 13.3. The summed E-state index contributed by atoms with van der Waals surface area (Å²) in [7, 11) is 0. The molecule has 7 heteroatoms. The SMILES string of the molecule is NC1CC(=O)NC(Nc2ccc(F)cc2F)N1. The molecule has 1 aliphatic rings. The third kappa shape index (κ3) is 2.89. The molecule has 0 radical (unpaired) electrons. The van der Waals surface area contributed by atoms with Gasteiger partial charge in [0.25, 0.3) is 0 Å². The second kappa shape index (κ2) is 4.64. The first kappa shape index (κ1) is 11.7. The van der Waals surface area contributed by atoms with Crippen LogP contribution in [0.1, 0.15) is 6.42 Å². The van der Waals surface area contributed by atoms with Crippen LogP contribution in [0.2, 0.25) is 0 Å². The van der Waals surface area contributed by atoms with Crippen LogP contribution >= 0.6 is 0 Å². The van der Waals surface area contributed by atoms with Crippen molar-refractivity contribution in [1.29, 1.82) is 0 Å². The fraction of sp³-hybridized carbons (Fsp3) is 0.300. The van der Waals surface area contributed by atoms with E-state index in [1.54, 1.807) is 0 Å². The van der Waals surface area contributed by atoms with E-state index in [0.29, 0.717) is 0 Å². The molecular weight excluding hydrogens is 230 g/mol. The van der Waals surface area contributed by atoms with Gasteiger partial charge < -0.3 is 16.4 Å². The molecule has 1 aromatic rings. The Bertz CT molecular complexity index is 440. The zero-order chi connectivity index (χ0) is 12.4. The number of anilines is 1. The smallest absolute Gasteiger partial charge is 0.225 e. The molecule has 2 unspecified atom stereocenters. The predicted octanol–water partition coefficient (Wildman–Crippen LogP) is 0.0546. The number of halogens is 2. The Hall–Kier alpha value is -1.73. The van der Waals surface area contributed by atoms with Crippen LogP contribution in [-0.2, 0) is 4.79 Å². The van der Waals surface area contributed by atoms with E-state index in [1.165, 1.54) is 6.07 Å². The number of carbonyl (C=O) groups excluding carboxylic acids is 1. The first-order valence-electron chi connectivity index (χ1n) is 5.07. The number of benzene rings is 1. The van der Waals surface area contributed by atoms with Gasteiger partial charge in [0.1, 0.15) is 11.6 Å². The van der Waals surface area contributed by atoms with Crippen LogP contribution in [0.25, 0.3) is 0 Å². The zero-order valence-electron chi connectivity index (χ0n) is 8.84. The summed E-state index contributed by atoms with van der Waals surface area (Å²) in [6.45, 7) is 0. The molecule has 1 aliphatic heterocycles. The van der Waals surface area contributed by atoms with Gasteiger partial charge >= 0.3 is 0 Å². The minimum Gasteiger partial charge on any atom is -0.351 e. The summed E-state index contributed by atoms with van der Waals surface area (Å²) in [5.74, 6) is -1.64. The Labute approximate surface area is 96.4 Å². The van der Waals surface area contributed by atoms with Crippen LogP contribution in [0.4, 0.5) is 14.5 Å². The maximum Gasteiger partial charge on any atom is 0.225 e. The summed E-state index contributed by atoms with van der Waals surface area (Å²) in [5, 5.41) is 8.02. The first-order valence-corrected chi connectivity index (χ1v) is 5.07. The average molecular weight is 242 g/mol. The summed E-state index contributed by atoms with van der Waals surface area (Å²) in [4.78, 5) is 11.2. The summed E-state index contributed by atoms with van der Waals surface area (Å²) in [6.07, 6.45) is -1.01. The molecule has 2 rings (SSSR count). The van der Waals surface area contributed by atoms with Crippen molar-refractivity contribution in [2.45, 2.75) is 18.9 Å². The number of rotatable bonds is 2. The van der Waals surface area contributed by atoms with Crippen molar-refractivity contribution in [1.82, 2.24) is 10.6 Å². The third-order valence-corrected chi connectivity index (χ3v) is 2.32. The highest BCUT2D eigenvalue weighted by atomic mass is 19.1. The number of hydrogen-bond donors (Lipinski definition) is 4. The zero-order valence-corrected chi connectivity index (χ0v) is 8.84. The Morgan fingerprint density at radius 1 is 1.41 bits per heavy atom. The van der Waals surface area contributed by atoms with Gasteiger partial charge in [-0.05, 0) is 12.1 Å². The summed E-state index contributed by atoms with van der Waals surface area (Å²) < 4.78 is 26.0. The van der Waals surface area contributed by atoms with Crippen molar-refractivity contribution in [3.63, 3.8) is 0 Å². The standard InChI is InChI=1S/C10H12F2N4O/c11-5-1-2-7(6(12)3-5)14-10-15-8(13)4-9(17)16-10/h1-3,8,10,14-15H,4,13H2,(H,16,17). The van der Waals surface area contributed by atoms with E-state index in [1.807, 2.05) is 0 Å². The first-order chi connectivity index (χ1) is 8.04. The average Bonchev–Trinajstić information content (AvgIpc) is 2.21. The van der Waals surface area contributed by atoms with E-state index in [-0.39, 0.29) is 18.0 Å². The third-order valence-electron chi connectivity index (χ3n) is 2.32. The summed E-state index contributed by atoms with van der Waals surface area (Å²) in [5.41, 5.74) is 5.65. The van der Waals surface area contributed by atoms with Crippen LogP contribution in [0.5, 0.6) is 0 Å². The molecule has 0 aromatic heterocycles. The summed E-state index contributed by atoms with van der Waals surface area (Å²) >= 11 is 0. The fourth-order valence-corrected chi connectivity index (χ4v) is 1.57. The van der Waals surface area contributed by atoms with E-state index in [0.717, 1.165) is 12.1 Å². The van der Waals surface area contributed by atoms with Gasteiger partial charge in [-0.25, -0.2) is 8.78 Å². The number of amides is 1. The van der Waals surface area contributed by atoms with E-state index >= 15 is 0 Å². The van der Waals surface area contributed by atoms with Crippen LogP contribution in [0.3, 0.4) is 0 Å². The second-order valence-corrected chi connectivity index (χ2v) is 3.75. The minimum atomic E-state index is -0.736. The Kier molecular flexibility index (Phi) is 3.21. The Morgan fingerprint density at radius 2 is 2.18 bits per heavy atom. The molecule has 1 amide bonds. The molecule has 5 N–H and O–H groups in total. The van der Waals surface area contributed by atoms with Crippen molar-refractivity contribution in [3.8, 4) is 0 Å². The van der Waals surface area contributed by atoms with E-state index in [2.05, 4.69) is 16.0 Å². The second-order valence-electron chi connectivity index (χ2n) is 3.75. The van der Waals surface area contributed by atoms with Crippen molar-refractivity contribution in [3.05, 3.63) is 29.8 Å². The minimum absolute atomic E-state index is 0.0818. The highest BCUT2D eigenvalue weighted by Crippen LogP contribution is 2.15. The highest BCUT2D eigenvalue weighted by Gasteiger charge is 2.23. The van der Waals surface area contributed by atoms with E-state index in [4.69, 9.17) is 5.73 Å². The molecule has 0 spiro atoms.